The Kier molecular flexibility index (Phi) is 5.67. The fraction of sp³-hybridized carbons (Fsp3) is 0.0392. The molecule has 2 nitrogen and oxygen atoms in total. The Morgan fingerprint density at radius 3 is 1.75 bits per heavy atom. The molecule has 1 heterocycles. The Morgan fingerprint density at radius 2 is 1.02 bits per heavy atom. The van der Waals surface area contributed by atoms with Gasteiger partial charge in [-0.2, -0.15) is 0 Å². The van der Waals surface area contributed by atoms with Crippen LogP contribution in [0.25, 0.3) is 88.1 Å². The van der Waals surface area contributed by atoms with Gasteiger partial charge in [-0.3, -0.25) is 0 Å². The van der Waals surface area contributed by atoms with Gasteiger partial charge in [0, 0.05) is 12.6 Å². The molecule has 246 valence electrons. The Morgan fingerprint density at radius 1 is 0.434 bits per heavy atom. The molecular weight excluding hydrogens is 641 g/mol. The van der Waals surface area contributed by atoms with E-state index in [1.165, 1.54) is 88.0 Å². The highest BCUT2D eigenvalue weighted by Crippen LogP contribution is 2.65. The van der Waals surface area contributed by atoms with Crippen molar-refractivity contribution < 1.29 is 0 Å². The molecule has 0 radical (unpaired) electrons. The Bertz CT molecular complexity index is 3130. The fourth-order valence-corrected chi connectivity index (χ4v) is 9.95. The molecule has 2 aliphatic carbocycles. The molecule has 0 unspecified atom stereocenters. The second-order valence-electron chi connectivity index (χ2n) is 14.7. The van der Waals surface area contributed by atoms with Crippen molar-refractivity contribution in [2.45, 2.75) is 5.41 Å². The molecule has 9 aromatic carbocycles. The minimum absolute atomic E-state index is 0.445. The van der Waals surface area contributed by atoms with Gasteiger partial charge in [-0.05, 0) is 118 Å². The fourth-order valence-electron chi connectivity index (χ4n) is 9.95. The van der Waals surface area contributed by atoms with Crippen LogP contribution in [-0.4, -0.2) is 9.55 Å². The molecule has 0 fully saturated rings. The predicted molar refractivity (Wildman–Crippen MR) is 220 cm³/mol. The van der Waals surface area contributed by atoms with Crippen LogP contribution in [0, 0.1) is 0 Å². The van der Waals surface area contributed by atoms with E-state index in [0.29, 0.717) is 0 Å². The van der Waals surface area contributed by atoms with Crippen molar-refractivity contribution >= 4 is 43.4 Å². The molecular formula is C51H32N2. The molecule has 0 aliphatic heterocycles. The van der Waals surface area contributed by atoms with Gasteiger partial charge in [-0.25, -0.2) is 4.98 Å². The normalized spacial score (nSPS) is 13.5. The minimum Gasteiger partial charge on any atom is -0.327 e. The zero-order valence-corrected chi connectivity index (χ0v) is 29.1. The summed E-state index contributed by atoms with van der Waals surface area (Å²) < 4.78 is 2.18. The molecule has 0 bridgehead atoms. The van der Waals surface area contributed by atoms with Gasteiger partial charge < -0.3 is 4.57 Å². The number of hydrogen-bond acceptors (Lipinski definition) is 1. The predicted octanol–water partition coefficient (Wildman–Crippen LogP) is 12.7. The van der Waals surface area contributed by atoms with Crippen LogP contribution in [0.3, 0.4) is 0 Å². The summed E-state index contributed by atoms with van der Waals surface area (Å²) in [5, 5.41) is 7.77. The average molecular weight is 673 g/mol. The van der Waals surface area contributed by atoms with Gasteiger partial charge >= 0.3 is 0 Å². The molecule has 0 saturated heterocycles. The van der Waals surface area contributed by atoms with Crippen LogP contribution >= 0.6 is 0 Å². The summed E-state index contributed by atoms with van der Waals surface area (Å²) in [6.45, 7) is 0. The summed E-state index contributed by atoms with van der Waals surface area (Å²) in [6, 6.07) is 65.5. The summed E-state index contributed by atoms with van der Waals surface area (Å²) >= 11 is 0. The van der Waals surface area contributed by atoms with Gasteiger partial charge in [0.25, 0.3) is 0 Å². The Balaban J connectivity index is 1.12. The number of aryl methyl sites for hydroxylation is 1. The van der Waals surface area contributed by atoms with Crippen molar-refractivity contribution in [2.24, 2.45) is 7.05 Å². The SMILES string of the molecule is Cn1c(-c2ccc(-c3ccc4cc5c(cc4c3)C3(c4ccccc4-c4ccccc43)c3c-5c4ccccc4c4ccccc34)cc2)nc2ccccc21. The molecule has 0 amide bonds. The van der Waals surface area contributed by atoms with Crippen LogP contribution in [0.4, 0.5) is 0 Å². The first kappa shape index (κ1) is 28.9. The number of aromatic nitrogens is 2. The molecule has 1 aromatic heterocycles. The number of imidazole rings is 1. The number of fused-ring (bicyclic) bond motifs is 17. The van der Waals surface area contributed by atoms with E-state index < -0.39 is 5.41 Å². The molecule has 0 atom stereocenters. The topological polar surface area (TPSA) is 17.8 Å². The summed E-state index contributed by atoms with van der Waals surface area (Å²) in [7, 11) is 2.10. The first-order valence-electron chi connectivity index (χ1n) is 18.4. The molecule has 12 rings (SSSR count). The molecule has 0 saturated carbocycles. The van der Waals surface area contributed by atoms with E-state index >= 15 is 0 Å². The van der Waals surface area contributed by atoms with Crippen LogP contribution in [0.15, 0.2) is 176 Å². The van der Waals surface area contributed by atoms with Crippen LogP contribution in [0.5, 0.6) is 0 Å². The largest absolute Gasteiger partial charge is 0.327 e. The quantitative estimate of drug-likeness (QED) is 0.167. The molecule has 1 spiro atoms. The van der Waals surface area contributed by atoms with E-state index in [1.807, 2.05) is 6.07 Å². The van der Waals surface area contributed by atoms with Crippen molar-refractivity contribution in [3.8, 4) is 44.8 Å². The van der Waals surface area contributed by atoms with Gasteiger partial charge in [0.2, 0.25) is 0 Å². The highest BCUT2D eigenvalue weighted by Gasteiger charge is 2.53. The maximum Gasteiger partial charge on any atom is 0.140 e. The van der Waals surface area contributed by atoms with Gasteiger partial charge in [-0.15, -0.1) is 0 Å². The van der Waals surface area contributed by atoms with Crippen LogP contribution in [0.2, 0.25) is 0 Å². The van der Waals surface area contributed by atoms with E-state index in [1.54, 1.807) is 0 Å². The summed E-state index contributed by atoms with van der Waals surface area (Å²) in [6.07, 6.45) is 0. The van der Waals surface area contributed by atoms with E-state index in [-0.39, 0.29) is 0 Å². The van der Waals surface area contributed by atoms with E-state index in [0.717, 1.165) is 22.4 Å². The van der Waals surface area contributed by atoms with Crippen LogP contribution < -0.4 is 0 Å². The lowest BCUT2D eigenvalue weighted by Gasteiger charge is -2.32. The van der Waals surface area contributed by atoms with Crippen molar-refractivity contribution in [3.05, 3.63) is 198 Å². The summed E-state index contributed by atoms with van der Waals surface area (Å²) in [5.74, 6) is 0.980. The lowest BCUT2D eigenvalue weighted by Crippen LogP contribution is -2.26. The lowest BCUT2D eigenvalue weighted by atomic mass is 9.69. The first-order valence-corrected chi connectivity index (χ1v) is 18.4. The van der Waals surface area contributed by atoms with E-state index in [4.69, 9.17) is 4.98 Å². The highest BCUT2D eigenvalue weighted by atomic mass is 15.1. The maximum absolute atomic E-state index is 4.94. The van der Waals surface area contributed by atoms with Gasteiger partial charge in [0.05, 0.1) is 16.4 Å². The van der Waals surface area contributed by atoms with Gasteiger partial charge in [0.1, 0.15) is 5.82 Å². The third-order valence-electron chi connectivity index (χ3n) is 12.2. The standard InChI is InChI=1S/C51H32N2/c1-53-47-21-11-10-20-46(47)52-50(53)32-24-22-31(23-25-32)33-26-27-34-29-42-45(30-35(34)28-33)51(43-18-8-6-14-38(43)39-15-7-9-19-44(39)51)49-41-17-5-3-13-37(41)36-12-2-4-16-40(36)48(42)49/h2-30H,1H3. The van der Waals surface area contributed by atoms with Crippen LogP contribution in [0.1, 0.15) is 22.3 Å². The summed E-state index contributed by atoms with van der Waals surface area (Å²) in [4.78, 5) is 4.94. The molecule has 10 aromatic rings. The highest BCUT2D eigenvalue weighted by molar-refractivity contribution is 6.20. The monoisotopic (exact) mass is 672 g/mol. The first-order chi connectivity index (χ1) is 26.2. The number of hydrogen-bond donors (Lipinski definition) is 0. The summed E-state index contributed by atoms with van der Waals surface area (Å²) in [5.41, 5.74) is 16.1. The second kappa shape index (κ2) is 10.4. The van der Waals surface area contributed by atoms with Crippen molar-refractivity contribution in [1.29, 1.82) is 0 Å². The maximum atomic E-state index is 4.94. The lowest BCUT2D eigenvalue weighted by molar-refractivity contribution is 0.803. The van der Waals surface area contributed by atoms with Crippen molar-refractivity contribution in [3.63, 3.8) is 0 Å². The smallest absolute Gasteiger partial charge is 0.140 e. The number of rotatable bonds is 2. The average Bonchev–Trinajstić information content (AvgIpc) is 3.83. The zero-order chi connectivity index (χ0) is 34.8. The molecule has 0 N–H and O–H groups in total. The Labute approximate surface area is 307 Å². The second-order valence-corrected chi connectivity index (χ2v) is 14.7. The van der Waals surface area contributed by atoms with Gasteiger partial charge in [-0.1, -0.05) is 146 Å². The minimum atomic E-state index is -0.445. The van der Waals surface area contributed by atoms with Crippen molar-refractivity contribution in [2.75, 3.05) is 0 Å². The molecule has 53 heavy (non-hydrogen) atoms. The van der Waals surface area contributed by atoms with Gasteiger partial charge in [0.15, 0.2) is 0 Å². The zero-order valence-electron chi connectivity index (χ0n) is 29.1. The number of benzene rings is 9. The van der Waals surface area contributed by atoms with Crippen molar-refractivity contribution in [1.82, 2.24) is 9.55 Å². The number of nitrogens with zero attached hydrogens (tertiary/aromatic N) is 2. The third-order valence-corrected chi connectivity index (χ3v) is 12.2. The molecule has 2 aliphatic rings. The Hall–Kier alpha value is -6.77. The van der Waals surface area contributed by atoms with E-state index in [2.05, 4.69) is 181 Å². The number of para-hydroxylation sites is 2. The van der Waals surface area contributed by atoms with Crippen LogP contribution in [-0.2, 0) is 12.5 Å². The van der Waals surface area contributed by atoms with E-state index in [9.17, 15) is 0 Å². The molecule has 2 heteroatoms. The third kappa shape index (κ3) is 3.70.